The zero-order valence-electron chi connectivity index (χ0n) is 11.0. The molecule has 2 aromatic carbocycles. The number of nitrogens with zero attached hydrogens (tertiary/aromatic N) is 2. The molecule has 0 radical (unpaired) electrons. The smallest absolute Gasteiger partial charge is 0.181 e. The number of fused-ring (bicyclic) bond motifs is 2. The molecule has 0 aliphatic rings. The molecule has 4 N–H and O–H groups in total. The molecule has 0 atom stereocenters. The van der Waals surface area contributed by atoms with E-state index >= 15 is 0 Å². The van der Waals surface area contributed by atoms with Crippen LogP contribution in [-0.2, 0) is 6.42 Å². The molecular weight excluding hydrogens is 300 g/mol. The van der Waals surface area contributed by atoms with Crippen LogP contribution in [-0.4, -0.2) is 9.97 Å². The molecule has 0 saturated carbocycles. The molecule has 0 saturated heterocycles. The van der Waals surface area contributed by atoms with E-state index in [2.05, 4.69) is 46.4 Å². The van der Waals surface area contributed by atoms with Gasteiger partial charge >= 0.3 is 0 Å². The van der Waals surface area contributed by atoms with Gasteiger partial charge < -0.3 is 11.5 Å². The lowest BCUT2D eigenvalue weighted by molar-refractivity contribution is 1.20. The van der Waals surface area contributed by atoms with Crippen molar-refractivity contribution < 1.29 is 0 Å². The fourth-order valence-corrected chi connectivity index (χ4v) is 3.87. The first-order valence-electron chi connectivity index (χ1n) is 6.47. The van der Waals surface area contributed by atoms with E-state index in [-0.39, 0.29) is 0 Å². The number of hydrogen-bond donors (Lipinski definition) is 2. The van der Waals surface area contributed by atoms with Crippen LogP contribution in [0.25, 0.3) is 20.4 Å². The van der Waals surface area contributed by atoms with Crippen LogP contribution < -0.4 is 11.5 Å². The summed E-state index contributed by atoms with van der Waals surface area (Å²) in [5.74, 6) is 0. The molecule has 0 aliphatic heterocycles. The number of hydrogen-bond acceptors (Lipinski definition) is 6. The lowest BCUT2D eigenvalue weighted by Gasteiger charge is -2.02. The second-order valence-electron chi connectivity index (χ2n) is 4.89. The maximum atomic E-state index is 5.75. The Kier molecular flexibility index (Phi) is 2.80. The van der Waals surface area contributed by atoms with Gasteiger partial charge in [0.25, 0.3) is 0 Å². The monoisotopic (exact) mass is 312 g/mol. The van der Waals surface area contributed by atoms with Crippen LogP contribution in [0.4, 0.5) is 10.3 Å². The number of aromatic nitrogens is 2. The first kappa shape index (κ1) is 12.6. The molecule has 0 aliphatic carbocycles. The summed E-state index contributed by atoms with van der Waals surface area (Å²) in [5, 5.41) is 1.23. The van der Waals surface area contributed by atoms with E-state index in [1.54, 1.807) is 0 Å². The van der Waals surface area contributed by atoms with Crippen LogP contribution in [0.3, 0.4) is 0 Å². The van der Waals surface area contributed by atoms with Crippen LogP contribution in [0.15, 0.2) is 36.4 Å². The molecule has 4 aromatic rings. The summed E-state index contributed by atoms with van der Waals surface area (Å²) in [5.41, 5.74) is 15.9. The quantitative estimate of drug-likeness (QED) is 0.592. The molecule has 0 unspecified atom stereocenters. The Morgan fingerprint density at radius 3 is 1.71 bits per heavy atom. The number of nitrogen functional groups attached to an aromatic ring is 2. The Bertz CT molecular complexity index is 877. The summed E-state index contributed by atoms with van der Waals surface area (Å²) in [6.07, 6.45) is 0.848. The van der Waals surface area contributed by atoms with Crippen molar-refractivity contribution in [3.63, 3.8) is 0 Å². The maximum Gasteiger partial charge on any atom is 0.181 e. The van der Waals surface area contributed by atoms with Crippen LogP contribution in [0.1, 0.15) is 11.1 Å². The van der Waals surface area contributed by atoms with Gasteiger partial charge in [-0.1, -0.05) is 34.8 Å². The standard InChI is InChI=1S/C15H12N4S2/c16-14-18-10-6-8(1-3-12(10)20-14)5-9-2-4-13-11(7-9)19-15(17)21-13/h1-4,6-7H,5H2,(H2,16,18)(H2,17,19). The number of benzene rings is 2. The minimum absolute atomic E-state index is 0.613. The highest BCUT2D eigenvalue weighted by Crippen LogP contribution is 2.27. The predicted octanol–water partition coefficient (Wildman–Crippen LogP) is 3.66. The van der Waals surface area contributed by atoms with E-state index in [1.807, 2.05) is 0 Å². The van der Waals surface area contributed by atoms with Crippen molar-refractivity contribution in [2.45, 2.75) is 6.42 Å². The Labute approximate surface area is 129 Å². The van der Waals surface area contributed by atoms with E-state index in [1.165, 1.54) is 33.8 Å². The molecular formula is C15H12N4S2. The third-order valence-electron chi connectivity index (χ3n) is 3.35. The number of anilines is 2. The molecule has 21 heavy (non-hydrogen) atoms. The van der Waals surface area contributed by atoms with Gasteiger partial charge in [0.1, 0.15) is 0 Å². The van der Waals surface area contributed by atoms with E-state index in [9.17, 15) is 0 Å². The first-order chi connectivity index (χ1) is 10.2. The number of rotatable bonds is 2. The van der Waals surface area contributed by atoms with Gasteiger partial charge in [-0.05, 0) is 41.8 Å². The fourth-order valence-electron chi connectivity index (χ4n) is 2.44. The zero-order chi connectivity index (χ0) is 14.4. The topological polar surface area (TPSA) is 77.8 Å². The third-order valence-corrected chi connectivity index (χ3v) is 5.08. The molecule has 104 valence electrons. The van der Waals surface area contributed by atoms with Crippen molar-refractivity contribution in [1.82, 2.24) is 9.97 Å². The van der Waals surface area contributed by atoms with Gasteiger partial charge in [-0.25, -0.2) is 9.97 Å². The van der Waals surface area contributed by atoms with Crippen LogP contribution in [0.5, 0.6) is 0 Å². The molecule has 0 bridgehead atoms. The lowest BCUT2D eigenvalue weighted by atomic mass is 10.0. The van der Waals surface area contributed by atoms with Crippen molar-refractivity contribution >= 4 is 53.4 Å². The van der Waals surface area contributed by atoms with E-state index in [4.69, 9.17) is 11.5 Å². The predicted molar refractivity (Wildman–Crippen MR) is 90.9 cm³/mol. The molecule has 0 amide bonds. The van der Waals surface area contributed by atoms with Gasteiger partial charge in [0.15, 0.2) is 10.3 Å². The number of nitrogens with two attached hydrogens (primary N) is 2. The summed E-state index contributed by atoms with van der Waals surface area (Å²) in [4.78, 5) is 8.68. The SMILES string of the molecule is Nc1nc2cc(Cc3ccc4sc(N)nc4c3)ccc2s1. The average Bonchev–Trinajstić information content (AvgIpc) is 2.98. The minimum atomic E-state index is 0.613. The summed E-state index contributed by atoms with van der Waals surface area (Å²) in [7, 11) is 0. The van der Waals surface area contributed by atoms with Crippen molar-refractivity contribution in [2.75, 3.05) is 11.5 Å². The third kappa shape index (κ3) is 2.32. The lowest BCUT2D eigenvalue weighted by Crippen LogP contribution is -1.88. The van der Waals surface area contributed by atoms with Gasteiger partial charge in [-0.3, -0.25) is 0 Å². The van der Waals surface area contributed by atoms with E-state index in [0.717, 1.165) is 26.9 Å². The summed E-state index contributed by atoms with van der Waals surface area (Å²) < 4.78 is 2.25. The molecule has 2 aromatic heterocycles. The Balaban J connectivity index is 1.70. The van der Waals surface area contributed by atoms with Gasteiger partial charge in [0, 0.05) is 0 Å². The molecule has 4 rings (SSSR count). The fraction of sp³-hybridized carbons (Fsp3) is 0.0667. The average molecular weight is 312 g/mol. The summed E-state index contributed by atoms with van der Waals surface area (Å²) >= 11 is 3.03. The van der Waals surface area contributed by atoms with Crippen molar-refractivity contribution in [1.29, 1.82) is 0 Å². The van der Waals surface area contributed by atoms with Crippen molar-refractivity contribution in [3.8, 4) is 0 Å². The Morgan fingerprint density at radius 1 is 0.762 bits per heavy atom. The highest BCUT2D eigenvalue weighted by molar-refractivity contribution is 7.22. The van der Waals surface area contributed by atoms with Crippen molar-refractivity contribution in [2.24, 2.45) is 0 Å². The highest BCUT2D eigenvalue weighted by Gasteiger charge is 2.05. The van der Waals surface area contributed by atoms with Crippen LogP contribution in [0, 0.1) is 0 Å². The van der Waals surface area contributed by atoms with Crippen LogP contribution >= 0.6 is 22.7 Å². The highest BCUT2D eigenvalue weighted by atomic mass is 32.1. The van der Waals surface area contributed by atoms with Gasteiger partial charge in [0.2, 0.25) is 0 Å². The van der Waals surface area contributed by atoms with E-state index in [0.29, 0.717) is 10.3 Å². The minimum Gasteiger partial charge on any atom is -0.375 e. The molecule has 6 heteroatoms. The molecule has 0 spiro atoms. The van der Waals surface area contributed by atoms with Gasteiger partial charge in [-0.2, -0.15) is 0 Å². The summed E-state index contributed by atoms with van der Waals surface area (Å²) in [6, 6.07) is 12.6. The second-order valence-corrected chi connectivity index (χ2v) is 7.01. The van der Waals surface area contributed by atoms with Crippen molar-refractivity contribution in [3.05, 3.63) is 47.5 Å². The molecule has 4 nitrogen and oxygen atoms in total. The molecule has 0 fully saturated rings. The maximum absolute atomic E-state index is 5.75. The van der Waals surface area contributed by atoms with Gasteiger partial charge in [-0.15, -0.1) is 0 Å². The largest absolute Gasteiger partial charge is 0.375 e. The second kappa shape index (κ2) is 4.68. The Morgan fingerprint density at radius 2 is 1.24 bits per heavy atom. The normalized spacial score (nSPS) is 11.4. The summed E-state index contributed by atoms with van der Waals surface area (Å²) in [6.45, 7) is 0. The first-order valence-corrected chi connectivity index (χ1v) is 8.10. The zero-order valence-corrected chi connectivity index (χ0v) is 12.7. The van der Waals surface area contributed by atoms with E-state index < -0.39 is 0 Å². The Hall–Kier alpha value is -2.18. The van der Waals surface area contributed by atoms with Gasteiger partial charge in [0.05, 0.1) is 20.4 Å². The molecule has 2 heterocycles. The van der Waals surface area contributed by atoms with Crippen LogP contribution in [0.2, 0.25) is 0 Å². The number of thiazole rings is 2.